The van der Waals surface area contributed by atoms with E-state index in [1.54, 1.807) is 60.1 Å². The van der Waals surface area contributed by atoms with Gasteiger partial charge >= 0.3 is 0 Å². The van der Waals surface area contributed by atoms with Crippen LogP contribution in [0.5, 0.6) is 0 Å². The van der Waals surface area contributed by atoms with Gasteiger partial charge in [0.1, 0.15) is 7.05 Å². The van der Waals surface area contributed by atoms with Gasteiger partial charge in [-0.15, -0.1) is 0 Å². The second-order valence-corrected chi connectivity index (χ2v) is 7.22. The van der Waals surface area contributed by atoms with Crippen molar-refractivity contribution < 1.29 is 16.9 Å². The molecule has 0 N–H and O–H groups in total. The van der Waals surface area contributed by atoms with Crippen LogP contribution in [0.1, 0.15) is 34.6 Å². The van der Waals surface area contributed by atoms with Gasteiger partial charge in [-0.3, -0.25) is 0 Å². The Labute approximate surface area is 187 Å². The van der Waals surface area contributed by atoms with Crippen LogP contribution in [0.2, 0.25) is 0 Å². The molecule has 1 nitrogen and oxygen atoms in total. The summed E-state index contributed by atoms with van der Waals surface area (Å²) in [5.74, 6) is 0. The lowest BCUT2D eigenvalue weighted by molar-refractivity contribution is -0.660. The SMILES string of the molecule is [2H]C([2H])([2H])c1ccccc1-c1ccc(C)c(-c2cc(-c3ccccc3C([2H])([2H])[2H])c(C([2H])([2H])[2H])c[n+]2C)c1. The molecule has 4 rings (SSSR count). The molecular weight excluding hydrogens is 350 g/mol. The lowest BCUT2D eigenvalue weighted by Crippen LogP contribution is -2.31. The van der Waals surface area contributed by atoms with Gasteiger partial charge in [-0.1, -0.05) is 60.7 Å². The van der Waals surface area contributed by atoms with Crippen LogP contribution >= 0.6 is 0 Å². The smallest absolute Gasteiger partial charge is 0.201 e. The molecule has 1 heterocycles. The zero-order chi connectivity index (χ0) is 28.0. The monoisotopic (exact) mass is 387 g/mol. The van der Waals surface area contributed by atoms with Crippen molar-refractivity contribution >= 4 is 0 Å². The first-order valence-electron chi connectivity index (χ1n) is 13.9. The second-order valence-electron chi connectivity index (χ2n) is 7.22. The van der Waals surface area contributed by atoms with E-state index in [4.69, 9.17) is 12.3 Å². The summed E-state index contributed by atoms with van der Waals surface area (Å²) in [6.45, 7) is -5.29. The van der Waals surface area contributed by atoms with E-state index >= 15 is 0 Å². The molecule has 0 amide bonds. The summed E-state index contributed by atoms with van der Waals surface area (Å²) in [7, 11) is 1.74. The van der Waals surface area contributed by atoms with Crippen molar-refractivity contribution in [1.29, 1.82) is 0 Å². The summed E-state index contributed by atoms with van der Waals surface area (Å²) < 4.78 is 74.1. The molecule has 0 radical (unpaired) electrons. The molecule has 1 heteroatoms. The third-order valence-electron chi connectivity index (χ3n) is 5.24. The van der Waals surface area contributed by atoms with Crippen molar-refractivity contribution in [2.45, 2.75) is 27.5 Å². The highest BCUT2D eigenvalue weighted by atomic mass is 14.9. The fourth-order valence-electron chi connectivity index (χ4n) is 3.66. The van der Waals surface area contributed by atoms with Gasteiger partial charge in [0.25, 0.3) is 0 Å². The maximum atomic E-state index is 8.16. The summed E-state index contributed by atoms with van der Waals surface area (Å²) in [6, 6.07) is 20.7. The molecule has 4 aromatic rings. The second kappa shape index (κ2) is 7.67. The standard InChI is InChI=1S/C28H28N/c1-19-10-6-8-12-24(19)23-15-14-21(3)27(16-23)28-17-26(22(4)18-29(28)5)25-13-9-7-11-20(25)2/h6-18H,1-5H3/q+1/i1D3,2D3,4D3. The average Bonchev–Trinajstić information content (AvgIpc) is 2.83. The number of nitrogens with zero attached hydrogens (tertiary/aromatic N) is 1. The third kappa shape index (κ3) is 3.61. The first-order valence-corrected chi connectivity index (χ1v) is 9.44. The van der Waals surface area contributed by atoms with Gasteiger partial charge < -0.3 is 0 Å². The molecule has 3 aromatic carbocycles. The van der Waals surface area contributed by atoms with Gasteiger partial charge in [-0.2, -0.15) is 0 Å². The summed E-state index contributed by atoms with van der Waals surface area (Å²) in [5, 5.41) is 0. The highest BCUT2D eigenvalue weighted by Gasteiger charge is 2.18. The lowest BCUT2D eigenvalue weighted by atomic mass is 9.92. The van der Waals surface area contributed by atoms with Crippen LogP contribution in [0, 0.1) is 27.5 Å². The number of aryl methyl sites for hydroxylation is 5. The fraction of sp³-hybridized carbons (Fsp3) is 0.179. The zero-order valence-corrected chi connectivity index (χ0v) is 16.5. The number of rotatable bonds is 3. The predicted octanol–water partition coefficient (Wildman–Crippen LogP) is 6.75. The van der Waals surface area contributed by atoms with E-state index in [1.165, 1.54) is 12.3 Å². The molecule has 144 valence electrons. The lowest BCUT2D eigenvalue weighted by Gasteiger charge is -2.13. The molecule has 0 atom stereocenters. The average molecular weight is 388 g/mol. The summed E-state index contributed by atoms with van der Waals surface area (Å²) >= 11 is 0. The Morgan fingerprint density at radius 2 is 1.28 bits per heavy atom. The van der Waals surface area contributed by atoms with E-state index < -0.39 is 20.6 Å². The maximum absolute atomic E-state index is 8.16. The molecule has 0 bridgehead atoms. The van der Waals surface area contributed by atoms with Crippen molar-refractivity contribution in [2.24, 2.45) is 7.05 Å². The Morgan fingerprint density at radius 3 is 2.00 bits per heavy atom. The summed E-state index contributed by atoms with van der Waals surface area (Å²) in [6.07, 6.45) is 1.52. The van der Waals surface area contributed by atoms with Gasteiger partial charge in [0.05, 0.1) is 0 Å². The van der Waals surface area contributed by atoms with Crippen molar-refractivity contribution in [3.8, 4) is 33.5 Å². The van der Waals surface area contributed by atoms with Crippen LogP contribution in [0.4, 0.5) is 0 Å². The Kier molecular flexibility index (Phi) is 2.94. The van der Waals surface area contributed by atoms with Crippen molar-refractivity contribution in [3.63, 3.8) is 0 Å². The minimum absolute atomic E-state index is 0.0435. The zero-order valence-electron chi connectivity index (χ0n) is 25.5. The van der Waals surface area contributed by atoms with Crippen LogP contribution < -0.4 is 4.57 Å². The molecule has 1 aromatic heterocycles. The normalized spacial score (nSPS) is 16.8. The minimum Gasteiger partial charge on any atom is -0.201 e. The molecule has 0 aliphatic rings. The summed E-state index contributed by atoms with van der Waals surface area (Å²) in [5.41, 5.74) is 4.64. The molecule has 0 aliphatic heterocycles. The van der Waals surface area contributed by atoms with Gasteiger partial charge in [0, 0.05) is 29.5 Å². The highest BCUT2D eigenvalue weighted by Crippen LogP contribution is 2.33. The topological polar surface area (TPSA) is 3.88 Å². The van der Waals surface area contributed by atoms with Gasteiger partial charge in [0.15, 0.2) is 6.20 Å². The Balaban J connectivity index is 2.01. The predicted molar refractivity (Wildman–Crippen MR) is 123 cm³/mol. The quantitative estimate of drug-likeness (QED) is 0.342. The van der Waals surface area contributed by atoms with E-state index in [9.17, 15) is 0 Å². The van der Waals surface area contributed by atoms with Crippen LogP contribution in [-0.2, 0) is 7.05 Å². The molecule has 0 fully saturated rings. The fourth-order valence-corrected chi connectivity index (χ4v) is 3.66. The van der Waals surface area contributed by atoms with Crippen LogP contribution in [0.3, 0.4) is 0 Å². The molecule has 29 heavy (non-hydrogen) atoms. The molecule has 0 unspecified atom stereocenters. The molecule has 0 saturated carbocycles. The van der Waals surface area contributed by atoms with E-state index in [1.807, 2.05) is 25.1 Å². The van der Waals surface area contributed by atoms with Crippen LogP contribution in [-0.4, -0.2) is 0 Å². The largest absolute Gasteiger partial charge is 0.213 e. The van der Waals surface area contributed by atoms with E-state index in [-0.39, 0.29) is 16.7 Å². The first kappa shape index (κ1) is 11.1. The molecule has 0 saturated heterocycles. The highest BCUT2D eigenvalue weighted by molar-refractivity contribution is 5.78. The molecule has 0 spiro atoms. The molecular formula is C28H28N+. The van der Waals surface area contributed by atoms with Crippen molar-refractivity contribution in [3.05, 3.63) is 101 Å². The number of aromatic nitrogens is 1. The van der Waals surface area contributed by atoms with Gasteiger partial charge in [-0.05, 0) is 72.5 Å². The van der Waals surface area contributed by atoms with Crippen molar-refractivity contribution in [1.82, 2.24) is 0 Å². The number of hydrogen-bond donors (Lipinski definition) is 0. The minimum atomic E-state index is -2.48. The van der Waals surface area contributed by atoms with Crippen LogP contribution in [0.15, 0.2) is 79.0 Å². The van der Waals surface area contributed by atoms with E-state index in [0.29, 0.717) is 27.9 Å². The van der Waals surface area contributed by atoms with E-state index in [2.05, 4.69) is 0 Å². The number of hydrogen-bond acceptors (Lipinski definition) is 0. The van der Waals surface area contributed by atoms with Crippen molar-refractivity contribution in [2.75, 3.05) is 0 Å². The number of benzene rings is 3. The van der Waals surface area contributed by atoms with Crippen LogP contribution in [0.25, 0.3) is 33.5 Å². The first-order chi connectivity index (χ1) is 17.6. The Morgan fingerprint density at radius 1 is 0.621 bits per heavy atom. The third-order valence-corrected chi connectivity index (χ3v) is 5.24. The Bertz CT molecular complexity index is 1500. The van der Waals surface area contributed by atoms with Gasteiger partial charge in [-0.25, -0.2) is 4.57 Å². The van der Waals surface area contributed by atoms with E-state index in [0.717, 1.165) is 11.1 Å². The van der Waals surface area contributed by atoms with Gasteiger partial charge in [0.2, 0.25) is 5.69 Å². The number of pyridine rings is 1. The summed E-state index contributed by atoms with van der Waals surface area (Å²) in [4.78, 5) is 0. The maximum Gasteiger partial charge on any atom is 0.213 e. The Hall–Kier alpha value is -3.19. The molecule has 0 aliphatic carbocycles.